The van der Waals surface area contributed by atoms with Crippen molar-refractivity contribution in [1.29, 1.82) is 0 Å². The molecule has 2 saturated heterocycles. The van der Waals surface area contributed by atoms with Crippen LogP contribution in [0, 0.1) is 0 Å². The summed E-state index contributed by atoms with van der Waals surface area (Å²) in [5.41, 5.74) is 12.4. The molecule has 5 N–H and O–H groups in total. The van der Waals surface area contributed by atoms with Crippen LogP contribution >= 0.6 is 0 Å². The molecule has 14 heteroatoms. The van der Waals surface area contributed by atoms with Gasteiger partial charge in [-0.2, -0.15) is 13.2 Å². The summed E-state index contributed by atoms with van der Waals surface area (Å²) in [6.45, 7) is 10.1. The van der Waals surface area contributed by atoms with Crippen molar-refractivity contribution < 1.29 is 37.0 Å². The summed E-state index contributed by atoms with van der Waals surface area (Å²) < 4.78 is 55.7. The van der Waals surface area contributed by atoms with Gasteiger partial charge in [-0.1, -0.05) is 32.8 Å². The number of alkyl halides is 3. The predicted octanol–water partition coefficient (Wildman–Crippen LogP) is 8.00. The fourth-order valence-corrected chi connectivity index (χ4v) is 6.13. The number of nitrogens with zero attached hydrogens (tertiary/aromatic N) is 3. The minimum Gasteiger partial charge on any atom is -0.493 e. The zero-order chi connectivity index (χ0) is 40.8. The number of methoxy groups -OCH3 is 2. The number of fused-ring (bicyclic) bond motifs is 1. The highest BCUT2D eigenvalue weighted by atomic mass is 19.4. The number of nitrogen functional groups attached to an aromatic ring is 2. The third-order valence-corrected chi connectivity index (χ3v) is 8.89. The highest BCUT2D eigenvalue weighted by Gasteiger charge is 2.35. The van der Waals surface area contributed by atoms with Crippen LogP contribution in [0.25, 0.3) is 10.9 Å². The van der Waals surface area contributed by atoms with Crippen molar-refractivity contribution in [2.45, 2.75) is 64.6 Å². The Morgan fingerprint density at radius 1 is 0.855 bits per heavy atom. The van der Waals surface area contributed by atoms with Crippen molar-refractivity contribution in [3.63, 3.8) is 0 Å². The molecule has 0 bridgehead atoms. The first-order valence-corrected chi connectivity index (χ1v) is 18.4. The van der Waals surface area contributed by atoms with Crippen LogP contribution in [0.1, 0.15) is 57.9 Å². The van der Waals surface area contributed by atoms with Crippen LogP contribution in [0.15, 0.2) is 66.9 Å². The minimum atomic E-state index is -4.37. The van der Waals surface area contributed by atoms with E-state index in [0.29, 0.717) is 54.4 Å². The summed E-state index contributed by atoms with van der Waals surface area (Å²) in [7, 11) is 5.07. The number of ether oxygens (including phenoxy) is 3. The average Bonchev–Trinajstić information content (AvgIpc) is 3.48. The number of carbonyl (C=O) groups excluding carboxylic acids is 2. The molecule has 0 atom stereocenters. The van der Waals surface area contributed by atoms with Crippen LogP contribution in [0.3, 0.4) is 0 Å². The number of aldehydes is 1. The molecular formula is C41H57F3N6O5. The molecule has 0 saturated carbocycles. The lowest BCUT2D eigenvalue weighted by Crippen LogP contribution is -2.41. The summed E-state index contributed by atoms with van der Waals surface area (Å²) in [6.07, 6.45) is 5.24. The number of likely N-dealkylation sites (tertiary alicyclic amines) is 1. The molecule has 6 rings (SSSR count). The van der Waals surface area contributed by atoms with Gasteiger partial charge in [-0.25, -0.2) is 0 Å². The van der Waals surface area contributed by atoms with Gasteiger partial charge in [0.15, 0.2) is 11.5 Å². The van der Waals surface area contributed by atoms with Gasteiger partial charge in [-0.15, -0.1) is 0 Å². The number of nitrogens with two attached hydrogens (primary N) is 2. The van der Waals surface area contributed by atoms with E-state index >= 15 is 0 Å². The maximum absolute atomic E-state index is 13.0. The van der Waals surface area contributed by atoms with Gasteiger partial charge in [0, 0.05) is 59.9 Å². The molecule has 2 aliphatic rings. The molecule has 3 aromatic carbocycles. The molecule has 2 aliphatic heterocycles. The summed E-state index contributed by atoms with van der Waals surface area (Å²) in [5.74, 6) is 2.60. The molecule has 11 nitrogen and oxygen atoms in total. The van der Waals surface area contributed by atoms with Crippen LogP contribution in [0.5, 0.6) is 23.0 Å². The number of benzene rings is 3. The number of piperidine rings is 1. The van der Waals surface area contributed by atoms with Crippen LogP contribution in [0.4, 0.5) is 30.2 Å². The van der Waals surface area contributed by atoms with E-state index in [4.69, 9.17) is 30.5 Å². The van der Waals surface area contributed by atoms with Crippen molar-refractivity contribution in [2.24, 2.45) is 0 Å². The lowest BCUT2D eigenvalue weighted by Gasteiger charge is -2.35. The van der Waals surface area contributed by atoms with Crippen LogP contribution in [-0.2, 0) is 15.8 Å². The Morgan fingerprint density at radius 2 is 1.47 bits per heavy atom. The van der Waals surface area contributed by atoms with Crippen LogP contribution in [-0.4, -0.2) is 83.0 Å². The third kappa shape index (κ3) is 14.6. The van der Waals surface area contributed by atoms with Gasteiger partial charge < -0.3 is 45.5 Å². The Bertz CT molecular complexity index is 1710. The van der Waals surface area contributed by atoms with E-state index in [1.165, 1.54) is 37.8 Å². The smallest absolute Gasteiger partial charge is 0.418 e. The van der Waals surface area contributed by atoms with Gasteiger partial charge in [-0.3, -0.25) is 9.88 Å². The maximum Gasteiger partial charge on any atom is 0.418 e. The summed E-state index contributed by atoms with van der Waals surface area (Å²) in [5, 5.41) is 4.00. The van der Waals surface area contributed by atoms with E-state index in [9.17, 15) is 18.0 Å². The number of pyridine rings is 1. The standard InChI is InChI=1S/C17H16N2O3.C13H18F3N3.C8H15NO.C2H6.CH2O/c1-20-16-9-13-14(10-17(16)21-2)19-7-6-15(13)22-12-5-3-4-11(18)8-12;1-18-10-4-6-19(7-5-10)12-3-2-9(17)8-11(12)13(14,15)16;10-8-7-9-5-3-1-2-4-6-9;2*1-2/h3-10H,18H2,1-2H3;2-3,8,10,18H,4-7,17H2,1H3;8H,1-7H2;1-2H3;1H2. The van der Waals surface area contributed by atoms with Gasteiger partial charge in [0.05, 0.1) is 31.8 Å². The first-order chi connectivity index (χ1) is 26.6. The molecule has 302 valence electrons. The maximum atomic E-state index is 13.0. The van der Waals surface area contributed by atoms with Gasteiger partial charge in [0.1, 0.15) is 24.6 Å². The summed E-state index contributed by atoms with van der Waals surface area (Å²) in [4.78, 5) is 26.5. The number of anilines is 3. The molecule has 0 spiro atoms. The second-order valence-electron chi connectivity index (χ2n) is 12.4. The van der Waals surface area contributed by atoms with Crippen molar-refractivity contribution in [2.75, 3.05) is 70.4 Å². The molecular weight excluding hydrogens is 713 g/mol. The van der Waals surface area contributed by atoms with Gasteiger partial charge in [-0.05, 0) is 88.3 Å². The molecule has 1 aromatic heterocycles. The Hall–Kier alpha value is -5.08. The van der Waals surface area contributed by atoms with E-state index in [2.05, 4.69) is 15.2 Å². The predicted molar refractivity (Wildman–Crippen MR) is 215 cm³/mol. The van der Waals surface area contributed by atoms with E-state index in [-0.39, 0.29) is 11.4 Å². The van der Waals surface area contributed by atoms with Gasteiger partial charge in [0.2, 0.25) is 0 Å². The van der Waals surface area contributed by atoms with Gasteiger partial charge in [0.25, 0.3) is 0 Å². The third-order valence-electron chi connectivity index (χ3n) is 8.89. The highest BCUT2D eigenvalue weighted by Crippen LogP contribution is 2.39. The Kier molecular flexibility index (Phi) is 20.4. The van der Waals surface area contributed by atoms with E-state index in [1.54, 1.807) is 37.4 Å². The highest BCUT2D eigenvalue weighted by molar-refractivity contribution is 5.88. The van der Waals surface area contributed by atoms with Crippen LogP contribution < -0.4 is 35.9 Å². The molecule has 0 unspecified atom stereocenters. The normalized spacial score (nSPS) is 14.5. The topological polar surface area (TPSA) is 145 Å². The Morgan fingerprint density at radius 3 is 2.04 bits per heavy atom. The van der Waals surface area contributed by atoms with E-state index < -0.39 is 11.7 Å². The molecule has 55 heavy (non-hydrogen) atoms. The number of rotatable bonds is 8. The number of halogens is 3. The molecule has 0 amide bonds. The first-order valence-electron chi connectivity index (χ1n) is 18.4. The largest absolute Gasteiger partial charge is 0.493 e. The molecule has 3 heterocycles. The molecule has 0 radical (unpaired) electrons. The molecule has 2 fully saturated rings. The van der Waals surface area contributed by atoms with Crippen molar-refractivity contribution in [1.82, 2.24) is 15.2 Å². The second kappa shape index (κ2) is 24.4. The fraction of sp³-hybridized carbons (Fsp3) is 0.439. The van der Waals surface area contributed by atoms with Crippen molar-refractivity contribution >= 4 is 41.0 Å². The number of hydrogen-bond acceptors (Lipinski definition) is 11. The zero-order valence-electron chi connectivity index (χ0n) is 32.7. The lowest BCUT2D eigenvalue weighted by atomic mass is 10.0. The molecule has 4 aromatic rings. The monoisotopic (exact) mass is 770 g/mol. The van der Waals surface area contributed by atoms with E-state index in [1.807, 2.05) is 58.0 Å². The average molecular weight is 771 g/mol. The van der Waals surface area contributed by atoms with Crippen molar-refractivity contribution in [3.05, 3.63) is 72.4 Å². The Labute approximate surface area is 323 Å². The van der Waals surface area contributed by atoms with Gasteiger partial charge >= 0.3 is 6.18 Å². The Balaban J connectivity index is 0.000000288. The summed E-state index contributed by atoms with van der Waals surface area (Å²) >= 11 is 0. The summed E-state index contributed by atoms with van der Waals surface area (Å²) in [6, 6.07) is 17.1. The van der Waals surface area contributed by atoms with Crippen molar-refractivity contribution in [3.8, 4) is 23.0 Å². The minimum absolute atomic E-state index is 0.140. The van der Waals surface area contributed by atoms with Crippen LogP contribution in [0.2, 0.25) is 0 Å². The second-order valence-corrected chi connectivity index (χ2v) is 12.4. The number of nitrogens with one attached hydrogen (secondary N) is 1. The lowest BCUT2D eigenvalue weighted by molar-refractivity contribution is -0.137. The number of aromatic nitrogens is 1. The quantitative estimate of drug-likeness (QED) is 0.118. The number of carbonyl (C=O) groups is 2. The molecule has 0 aliphatic carbocycles. The number of hydrogen-bond donors (Lipinski definition) is 3. The SMILES string of the molecule is C=O.CC.CNC1CCN(c2ccc(N)cc2C(F)(F)F)CC1.COc1cc2nccc(Oc3cccc(N)c3)c2cc1OC.O=CCN1CCCCCC1. The fourth-order valence-electron chi connectivity index (χ4n) is 6.13. The van der Waals surface area contributed by atoms with E-state index in [0.717, 1.165) is 49.2 Å². The zero-order valence-corrected chi connectivity index (χ0v) is 32.7. The first kappa shape index (κ1) is 46.1.